The van der Waals surface area contributed by atoms with E-state index in [1.54, 1.807) is 0 Å². The average molecular weight is 291 g/mol. The van der Waals surface area contributed by atoms with Crippen molar-refractivity contribution in [1.29, 1.82) is 0 Å². The van der Waals surface area contributed by atoms with Gasteiger partial charge in [-0.3, -0.25) is 4.79 Å². The summed E-state index contributed by atoms with van der Waals surface area (Å²) in [5.41, 5.74) is 0.964. The first kappa shape index (κ1) is 14.6. The van der Waals surface area contributed by atoms with Gasteiger partial charge in [-0.2, -0.15) is 0 Å². The van der Waals surface area contributed by atoms with Gasteiger partial charge < -0.3 is 14.6 Å². The molecule has 1 N–H and O–H groups in total. The lowest BCUT2D eigenvalue weighted by Gasteiger charge is -2.27. The number of nitrogens with one attached hydrogen (secondary N) is 1. The zero-order valence-corrected chi connectivity index (χ0v) is 13.0. The number of rotatable bonds is 4. The summed E-state index contributed by atoms with van der Waals surface area (Å²) >= 11 is 0. The van der Waals surface area contributed by atoms with Gasteiger partial charge in [0, 0.05) is 19.4 Å². The minimum atomic E-state index is 0.0128. The molecule has 1 saturated heterocycles. The molecule has 0 aromatic carbocycles. The Morgan fingerprint density at radius 1 is 1.52 bits per heavy atom. The van der Waals surface area contributed by atoms with Crippen LogP contribution < -0.4 is 5.32 Å². The predicted octanol–water partition coefficient (Wildman–Crippen LogP) is 1.90. The molecule has 5 nitrogen and oxygen atoms in total. The molecule has 116 valence electrons. The number of carbonyl (C=O) groups is 1. The lowest BCUT2D eigenvalue weighted by molar-refractivity contribution is -0.134. The molecular weight excluding hydrogens is 266 g/mol. The summed E-state index contributed by atoms with van der Waals surface area (Å²) < 4.78 is 5.85. The van der Waals surface area contributed by atoms with Crippen molar-refractivity contribution in [2.24, 2.45) is 5.92 Å². The Labute approximate surface area is 126 Å². The summed E-state index contributed by atoms with van der Waals surface area (Å²) in [6.07, 6.45) is 4.83. The Hall–Kier alpha value is -1.36. The summed E-state index contributed by atoms with van der Waals surface area (Å²) in [7, 11) is 0. The van der Waals surface area contributed by atoms with Crippen molar-refractivity contribution in [2.45, 2.75) is 58.5 Å². The molecule has 0 bridgehead atoms. The lowest BCUT2D eigenvalue weighted by atomic mass is 10.1. The van der Waals surface area contributed by atoms with Crippen LogP contribution in [0.4, 0.5) is 0 Å². The molecule has 1 aromatic heterocycles. The number of nitrogens with zero attached hydrogens (tertiary/aromatic N) is 2. The van der Waals surface area contributed by atoms with E-state index in [4.69, 9.17) is 4.42 Å². The minimum absolute atomic E-state index is 0.0128. The van der Waals surface area contributed by atoms with Crippen molar-refractivity contribution >= 4 is 5.91 Å². The van der Waals surface area contributed by atoms with E-state index >= 15 is 0 Å². The predicted molar refractivity (Wildman–Crippen MR) is 79.8 cm³/mol. The van der Waals surface area contributed by atoms with Gasteiger partial charge in [-0.15, -0.1) is 0 Å². The molecule has 0 spiro atoms. The number of oxazole rings is 1. The van der Waals surface area contributed by atoms with E-state index < -0.39 is 0 Å². The molecule has 1 atom stereocenters. The van der Waals surface area contributed by atoms with Crippen LogP contribution in [0.3, 0.4) is 0 Å². The van der Waals surface area contributed by atoms with Crippen molar-refractivity contribution < 1.29 is 9.21 Å². The van der Waals surface area contributed by atoms with Gasteiger partial charge in [-0.25, -0.2) is 4.98 Å². The molecule has 5 heteroatoms. The molecule has 0 aliphatic carbocycles. The number of amides is 1. The number of fused-ring (bicyclic) bond motifs is 1. The van der Waals surface area contributed by atoms with Crippen molar-refractivity contribution in [3.05, 3.63) is 17.3 Å². The maximum atomic E-state index is 12.4. The van der Waals surface area contributed by atoms with E-state index in [0.717, 1.165) is 62.5 Å². The molecule has 0 saturated carbocycles. The molecule has 21 heavy (non-hydrogen) atoms. The van der Waals surface area contributed by atoms with Gasteiger partial charge in [0.15, 0.2) is 5.89 Å². The SMILES string of the molecule is CC(C)CCc1nc2c(o1)CCN(C(=O)[C@@H]1CCCN1)C2. The van der Waals surface area contributed by atoms with E-state index in [0.29, 0.717) is 12.5 Å². The summed E-state index contributed by atoms with van der Waals surface area (Å²) in [6, 6.07) is 0.0128. The molecule has 1 amide bonds. The molecule has 1 aromatic rings. The molecule has 2 aliphatic heterocycles. The molecule has 1 fully saturated rings. The van der Waals surface area contributed by atoms with E-state index in [1.807, 2.05) is 4.90 Å². The highest BCUT2D eigenvalue weighted by atomic mass is 16.4. The van der Waals surface area contributed by atoms with Crippen LogP contribution in [-0.4, -0.2) is 34.9 Å². The first-order chi connectivity index (χ1) is 10.1. The van der Waals surface area contributed by atoms with Crippen LogP contribution in [0.25, 0.3) is 0 Å². The van der Waals surface area contributed by atoms with Gasteiger partial charge in [-0.05, 0) is 31.7 Å². The third-order valence-corrected chi connectivity index (χ3v) is 4.38. The van der Waals surface area contributed by atoms with Gasteiger partial charge >= 0.3 is 0 Å². The van der Waals surface area contributed by atoms with Crippen LogP contribution in [0.15, 0.2) is 4.42 Å². The average Bonchev–Trinajstić information content (AvgIpc) is 3.12. The lowest BCUT2D eigenvalue weighted by Crippen LogP contribution is -2.45. The second-order valence-electron chi connectivity index (χ2n) is 6.57. The van der Waals surface area contributed by atoms with Gasteiger partial charge in [-0.1, -0.05) is 13.8 Å². The minimum Gasteiger partial charge on any atom is -0.445 e. The zero-order chi connectivity index (χ0) is 14.8. The van der Waals surface area contributed by atoms with E-state index in [1.165, 1.54) is 0 Å². The van der Waals surface area contributed by atoms with Crippen LogP contribution in [-0.2, 0) is 24.2 Å². The molecule has 2 aliphatic rings. The van der Waals surface area contributed by atoms with E-state index in [-0.39, 0.29) is 11.9 Å². The normalized spacial score (nSPS) is 21.9. The fourth-order valence-electron chi connectivity index (χ4n) is 3.07. The fourth-order valence-corrected chi connectivity index (χ4v) is 3.07. The maximum Gasteiger partial charge on any atom is 0.240 e. The van der Waals surface area contributed by atoms with E-state index in [2.05, 4.69) is 24.1 Å². The Morgan fingerprint density at radius 2 is 2.38 bits per heavy atom. The number of hydrogen-bond donors (Lipinski definition) is 1. The van der Waals surface area contributed by atoms with Crippen LogP contribution in [0.1, 0.15) is 50.5 Å². The topological polar surface area (TPSA) is 58.4 Å². The summed E-state index contributed by atoms with van der Waals surface area (Å²) in [4.78, 5) is 19.0. The third-order valence-electron chi connectivity index (χ3n) is 4.38. The Morgan fingerprint density at radius 3 is 3.10 bits per heavy atom. The Kier molecular flexibility index (Phi) is 4.29. The highest BCUT2D eigenvalue weighted by Crippen LogP contribution is 2.22. The second kappa shape index (κ2) is 6.18. The quantitative estimate of drug-likeness (QED) is 0.920. The van der Waals surface area contributed by atoms with Gasteiger partial charge in [0.25, 0.3) is 0 Å². The standard InChI is InChI=1S/C16H25N3O2/c1-11(2)5-6-15-18-13-10-19(9-7-14(13)21-15)16(20)12-4-3-8-17-12/h11-12,17H,3-10H2,1-2H3/t12-/m0/s1. The number of carbonyl (C=O) groups excluding carboxylic acids is 1. The summed E-state index contributed by atoms with van der Waals surface area (Å²) in [5.74, 6) is 2.70. The van der Waals surface area contributed by atoms with Gasteiger partial charge in [0.05, 0.1) is 12.6 Å². The first-order valence-electron chi connectivity index (χ1n) is 8.13. The Bertz CT molecular complexity index is 504. The molecular formula is C16H25N3O2. The summed E-state index contributed by atoms with van der Waals surface area (Å²) in [6.45, 7) is 6.73. The van der Waals surface area contributed by atoms with Crippen molar-refractivity contribution in [3.63, 3.8) is 0 Å². The Balaban J connectivity index is 1.63. The molecule has 0 radical (unpaired) electrons. The van der Waals surface area contributed by atoms with Gasteiger partial charge in [0.1, 0.15) is 11.5 Å². The number of hydrogen-bond acceptors (Lipinski definition) is 4. The van der Waals surface area contributed by atoms with E-state index in [9.17, 15) is 4.79 Å². The molecule has 3 heterocycles. The monoisotopic (exact) mass is 291 g/mol. The zero-order valence-electron chi connectivity index (χ0n) is 13.0. The number of aromatic nitrogens is 1. The second-order valence-corrected chi connectivity index (χ2v) is 6.57. The summed E-state index contributed by atoms with van der Waals surface area (Å²) in [5, 5.41) is 3.28. The van der Waals surface area contributed by atoms with Gasteiger partial charge in [0.2, 0.25) is 5.91 Å². The fraction of sp³-hybridized carbons (Fsp3) is 0.750. The molecule has 0 unspecified atom stereocenters. The molecule has 3 rings (SSSR count). The third kappa shape index (κ3) is 3.28. The maximum absolute atomic E-state index is 12.4. The van der Waals surface area contributed by atoms with Crippen molar-refractivity contribution in [3.8, 4) is 0 Å². The smallest absolute Gasteiger partial charge is 0.240 e. The highest BCUT2D eigenvalue weighted by Gasteiger charge is 2.31. The van der Waals surface area contributed by atoms with Crippen molar-refractivity contribution in [2.75, 3.05) is 13.1 Å². The van der Waals surface area contributed by atoms with Crippen LogP contribution in [0, 0.1) is 5.92 Å². The highest BCUT2D eigenvalue weighted by molar-refractivity contribution is 5.82. The first-order valence-corrected chi connectivity index (χ1v) is 8.13. The van der Waals surface area contributed by atoms with Crippen LogP contribution >= 0.6 is 0 Å². The van der Waals surface area contributed by atoms with Crippen LogP contribution in [0.5, 0.6) is 0 Å². The van der Waals surface area contributed by atoms with Crippen LogP contribution in [0.2, 0.25) is 0 Å². The largest absolute Gasteiger partial charge is 0.445 e. The number of aryl methyl sites for hydroxylation is 1. The van der Waals surface area contributed by atoms with Crippen molar-refractivity contribution in [1.82, 2.24) is 15.2 Å².